The normalized spacial score (nSPS) is 18.6. The Morgan fingerprint density at radius 1 is 1.20 bits per heavy atom. The van der Waals surface area contributed by atoms with Crippen LogP contribution < -0.4 is 5.32 Å². The van der Waals surface area contributed by atoms with Gasteiger partial charge in [-0.2, -0.15) is 0 Å². The third-order valence-electron chi connectivity index (χ3n) is 3.04. The van der Waals surface area contributed by atoms with Crippen LogP contribution in [0.2, 0.25) is 0 Å². The summed E-state index contributed by atoms with van der Waals surface area (Å²) in [7, 11) is 0. The molecule has 76 valence electrons. The van der Waals surface area contributed by atoms with Gasteiger partial charge in [-0.15, -0.1) is 0 Å². The Bertz CT molecular complexity index is 485. The number of nitrogens with one attached hydrogen (secondary N) is 1. The van der Waals surface area contributed by atoms with Crippen LogP contribution in [0, 0.1) is 0 Å². The molecule has 1 aliphatic rings. The highest BCUT2D eigenvalue weighted by molar-refractivity contribution is 5.53. The first-order valence-corrected chi connectivity index (χ1v) is 5.34. The minimum absolute atomic E-state index is 0.378. The van der Waals surface area contributed by atoms with Crippen molar-refractivity contribution in [3.63, 3.8) is 0 Å². The van der Waals surface area contributed by atoms with E-state index >= 15 is 0 Å². The minimum atomic E-state index is 0.378. The fourth-order valence-corrected chi connectivity index (χ4v) is 2.25. The summed E-state index contributed by atoms with van der Waals surface area (Å²) in [5, 5.41) is 3.54. The number of hydrogen-bond acceptors (Lipinski definition) is 1. The Kier molecular flexibility index (Phi) is 1.81. The van der Waals surface area contributed by atoms with Crippen LogP contribution in [0.15, 0.2) is 42.6 Å². The van der Waals surface area contributed by atoms with Gasteiger partial charge < -0.3 is 9.88 Å². The summed E-state index contributed by atoms with van der Waals surface area (Å²) in [5.41, 5.74) is 3.97. The molecule has 2 aromatic rings. The molecule has 1 aromatic heterocycles. The molecule has 1 atom stereocenters. The lowest BCUT2D eigenvalue weighted by Crippen LogP contribution is -2.07. The average Bonchev–Trinajstić information content (AvgIpc) is 2.64. The van der Waals surface area contributed by atoms with Gasteiger partial charge in [0, 0.05) is 24.1 Å². The molecular formula is C13H14N2. The zero-order valence-corrected chi connectivity index (χ0v) is 8.77. The molecule has 1 N–H and O–H groups in total. The van der Waals surface area contributed by atoms with Crippen molar-refractivity contribution in [1.29, 1.82) is 0 Å². The lowest BCUT2D eigenvalue weighted by atomic mass is 10.1. The smallest absolute Gasteiger partial charge is 0.0637 e. The van der Waals surface area contributed by atoms with E-state index in [0.29, 0.717) is 6.04 Å². The molecule has 0 saturated heterocycles. The second-order valence-electron chi connectivity index (χ2n) is 4.08. The SMILES string of the molecule is C[C@H]1Nc2ccccc2Cn2cccc21. The number of para-hydroxylation sites is 1. The molecule has 1 aromatic carbocycles. The first-order chi connectivity index (χ1) is 7.34. The molecule has 0 spiro atoms. The van der Waals surface area contributed by atoms with E-state index in [1.165, 1.54) is 16.9 Å². The van der Waals surface area contributed by atoms with Gasteiger partial charge in [0.15, 0.2) is 0 Å². The van der Waals surface area contributed by atoms with Crippen LogP contribution >= 0.6 is 0 Å². The van der Waals surface area contributed by atoms with Gasteiger partial charge in [-0.05, 0) is 30.7 Å². The molecule has 3 rings (SSSR count). The Morgan fingerprint density at radius 3 is 3.00 bits per heavy atom. The van der Waals surface area contributed by atoms with Crippen LogP contribution in [0.5, 0.6) is 0 Å². The van der Waals surface area contributed by atoms with E-state index in [9.17, 15) is 0 Å². The topological polar surface area (TPSA) is 17.0 Å². The fourth-order valence-electron chi connectivity index (χ4n) is 2.25. The average molecular weight is 198 g/mol. The van der Waals surface area contributed by atoms with Gasteiger partial charge in [0.25, 0.3) is 0 Å². The number of anilines is 1. The molecular weight excluding hydrogens is 184 g/mol. The maximum Gasteiger partial charge on any atom is 0.0637 e. The number of fused-ring (bicyclic) bond motifs is 2. The fraction of sp³-hybridized carbons (Fsp3) is 0.231. The van der Waals surface area contributed by atoms with Crippen molar-refractivity contribution < 1.29 is 0 Å². The second-order valence-corrected chi connectivity index (χ2v) is 4.08. The molecule has 15 heavy (non-hydrogen) atoms. The molecule has 2 nitrogen and oxygen atoms in total. The highest BCUT2D eigenvalue weighted by Crippen LogP contribution is 2.27. The summed E-state index contributed by atoms with van der Waals surface area (Å²) >= 11 is 0. The van der Waals surface area contributed by atoms with E-state index < -0.39 is 0 Å². The third kappa shape index (κ3) is 1.33. The Labute approximate surface area is 89.5 Å². The zero-order valence-electron chi connectivity index (χ0n) is 8.77. The lowest BCUT2D eigenvalue weighted by molar-refractivity contribution is 0.723. The van der Waals surface area contributed by atoms with Gasteiger partial charge in [0.05, 0.1) is 6.04 Å². The van der Waals surface area contributed by atoms with E-state index in [2.05, 4.69) is 59.4 Å². The standard InChI is InChI=1S/C13H14N2/c1-10-13-7-4-8-15(13)9-11-5-2-3-6-12(11)14-10/h2-8,10,14H,9H2,1H3/t10-/m1/s1. The van der Waals surface area contributed by atoms with Crippen LogP contribution in [-0.2, 0) is 6.54 Å². The molecule has 0 saturated carbocycles. The highest BCUT2D eigenvalue weighted by atomic mass is 15.1. The molecule has 2 heterocycles. The number of aromatic nitrogens is 1. The van der Waals surface area contributed by atoms with Gasteiger partial charge in [-0.3, -0.25) is 0 Å². The monoisotopic (exact) mass is 198 g/mol. The molecule has 2 heteroatoms. The predicted molar refractivity (Wildman–Crippen MR) is 62.0 cm³/mol. The Morgan fingerprint density at radius 2 is 2.07 bits per heavy atom. The molecule has 0 aliphatic carbocycles. The quantitative estimate of drug-likeness (QED) is 0.688. The van der Waals surface area contributed by atoms with Gasteiger partial charge >= 0.3 is 0 Å². The second kappa shape index (κ2) is 3.16. The third-order valence-corrected chi connectivity index (χ3v) is 3.04. The van der Waals surface area contributed by atoms with Crippen LogP contribution in [0.1, 0.15) is 24.2 Å². The molecule has 0 amide bonds. The van der Waals surface area contributed by atoms with Gasteiger partial charge in [0.2, 0.25) is 0 Å². The summed E-state index contributed by atoms with van der Waals surface area (Å²) < 4.78 is 2.31. The Balaban J connectivity index is 2.14. The van der Waals surface area contributed by atoms with Crippen molar-refractivity contribution in [2.24, 2.45) is 0 Å². The highest BCUT2D eigenvalue weighted by Gasteiger charge is 2.16. The summed E-state index contributed by atoms with van der Waals surface area (Å²) in [6.07, 6.45) is 2.15. The van der Waals surface area contributed by atoms with Crippen molar-refractivity contribution in [3.8, 4) is 0 Å². The van der Waals surface area contributed by atoms with Gasteiger partial charge in [-0.25, -0.2) is 0 Å². The van der Waals surface area contributed by atoms with Gasteiger partial charge in [-0.1, -0.05) is 18.2 Å². The summed E-state index contributed by atoms with van der Waals surface area (Å²) in [5.74, 6) is 0. The lowest BCUT2D eigenvalue weighted by Gasteiger charge is -2.13. The van der Waals surface area contributed by atoms with E-state index in [4.69, 9.17) is 0 Å². The Hall–Kier alpha value is -1.70. The molecule has 0 radical (unpaired) electrons. The van der Waals surface area contributed by atoms with Crippen molar-refractivity contribution in [2.45, 2.75) is 19.5 Å². The van der Waals surface area contributed by atoms with Crippen molar-refractivity contribution in [3.05, 3.63) is 53.9 Å². The summed E-state index contributed by atoms with van der Waals surface area (Å²) in [4.78, 5) is 0. The predicted octanol–water partition coefficient (Wildman–Crippen LogP) is 3.02. The molecule has 0 fully saturated rings. The molecule has 0 unspecified atom stereocenters. The van der Waals surface area contributed by atoms with E-state index in [1.807, 2.05) is 0 Å². The maximum absolute atomic E-state index is 3.54. The number of rotatable bonds is 0. The molecule has 0 bridgehead atoms. The van der Waals surface area contributed by atoms with Crippen LogP contribution in [0.25, 0.3) is 0 Å². The van der Waals surface area contributed by atoms with E-state index in [1.54, 1.807) is 0 Å². The van der Waals surface area contributed by atoms with Crippen LogP contribution in [0.3, 0.4) is 0 Å². The van der Waals surface area contributed by atoms with Crippen molar-refractivity contribution in [1.82, 2.24) is 4.57 Å². The number of nitrogens with zero attached hydrogens (tertiary/aromatic N) is 1. The zero-order chi connectivity index (χ0) is 10.3. The van der Waals surface area contributed by atoms with Crippen molar-refractivity contribution >= 4 is 5.69 Å². The van der Waals surface area contributed by atoms with Gasteiger partial charge in [0.1, 0.15) is 0 Å². The summed E-state index contributed by atoms with van der Waals surface area (Å²) in [6.45, 7) is 3.17. The summed E-state index contributed by atoms with van der Waals surface area (Å²) in [6, 6.07) is 13.2. The number of benzene rings is 1. The van der Waals surface area contributed by atoms with Crippen LogP contribution in [-0.4, -0.2) is 4.57 Å². The number of hydrogen-bond donors (Lipinski definition) is 1. The van der Waals surface area contributed by atoms with E-state index in [0.717, 1.165) is 6.54 Å². The first-order valence-electron chi connectivity index (χ1n) is 5.34. The van der Waals surface area contributed by atoms with Crippen LogP contribution in [0.4, 0.5) is 5.69 Å². The largest absolute Gasteiger partial charge is 0.377 e. The first kappa shape index (κ1) is 8.60. The van der Waals surface area contributed by atoms with Crippen molar-refractivity contribution in [2.75, 3.05) is 5.32 Å². The van der Waals surface area contributed by atoms with E-state index in [-0.39, 0.29) is 0 Å². The minimum Gasteiger partial charge on any atom is -0.377 e. The molecule has 1 aliphatic heterocycles. The maximum atomic E-state index is 3.54.